The molecule has 0 amide bonds. The van der Waals surface area contributed by atoms with Crippen molar-refractivity contribution in [2.45, 2.75) is 39.7 Å². The standard InChI is InChI=1S/C11H24N2O/c1-5-7-12-10(3)8-11(14)9-13(4)6-2/h10,12H,5-9H2,1-4H3. The molecule has 0 fully saturated rings. The lowest BCUT2D eigenvalue weighted by atomic mass is 10.1. The van der Waals surface area contributed by atoms with Crippen LogP contribution >= 0.6 is 0 Å². The van der Waals surface area contributed by atoms with Crippen LogP contribution in [0.5, 0.6) is 0 Å². The monoisotopic (exact) mass is 200 g/mol. The topological polar surface area (TPSA) is 32.3 Å². The Morgan fingerprint density at radius 3 is 2.57 bits per heavy atom. The number of ketones is 1. The quantitative estimate of drug-likeness (QED) is 0.641. The molecule has 3 heteroatoms. The number of rotatable bonds is 8. The van der Waals surface area contributed by atoms with Crippen LogP contribution in [0, 0.1) is 0 Å². The molecule has 0 radical (unpaired) electrons. The van der Waals surface area contributed by atoms with E-state index in [2.05, 4.69) is 26.1 Å². The molecular formula is C11H24N2O. The summed E-state index contributed by atoms with van der Waals surface area (Å²) in [4.78, 5) is 13.5. The first-order chi connectivity index (χ1) is 6.60. The van der Waals surface area contributed by atoms with Gasteiger partial charge in [-0.05, 0) is 33.5 Å². The molecule has 1 N–H and O–H groups in total. The zero-order valence-electron chi connectivity index (χ0n) is 9.97. The summed E-state index contributed by atoms with van der Waals surface area (Å²) in [5.41, 5.74) is 0. The molecule has 1 atom stereocenters. The molecule has 0 aromatic heterocycles. The second-order valence-corrected chi connectivity index (χ2v) is 3.93. The van der Waals surface area contributed by atoms with Gasteiger partial charge < -0.3 is 5.32 Å². The Bertz CT molecular complexity index is 159. The molecule has 0 aliphatic rings. The molecule has 0 saturated carbocycles. The lowest BCUT2D eigenvalue weighted by molar-refractivity contribution is -0.120. The molecule has 14 heavy (non-hydrogen) atoms. The number of Topliss-reactive ketones (excluding diaryl/α,β-unsaturated/α-hetero) is 1. The van der Waals surface area contributed by atoms with Gasteiger partial charge in [-0.3, -0.25) is 9.69 Å². The number of likely N-dealkylation sites (N-methyl/N-ethyl adjacent to an activating group) is 1. The van der Waals surface area contributed by atoms with Gasteiger partial charge in [0.15, 0.2) is 0 Å². The summed E-state index contributed by atoms with van der Waals surface area (Å²) in [7, 11) is 1.97. The lowest BCUT2D eigenvalue weighted by Crippen LogP contribution is -2.33. The number of hydrogen-bond donors (Lipinski definition) is 1. The Labute approximate surface area is 87.9 Å². The lowest BCUT2D eigenvalue weighted by Gasteiger charge is -2.16. The van der Waals surface area contributed by atoms with E-state index in [0.717, 1.165) is 19.5 Å². The minimum atomic E-state index is 0.313. The van der Waals surface area contributed by atoms with Crippen LogP contribution in [-0.4, -0.2) is 43.4 Å². The van der Waals surface area contributed by atoms with Gasteiger partial charge in [-0.15, -0.1) is 0 Å². The van der Waals surface area contributed by atoms with Gasteiger partial charge >= 0.3 is 0 Å². The fourth-order valence-corrected chi connectivity index (χ4v) is 1.28. The molecule has 0 aromatic carbocycles. The number of nitrogens with zero attached hydrogens (tertiary/aromatic N) is 1. The van der Waals surface area contributed by atoms with Gasteiger partial charge in [-0.25, -0.2) is 0 Å². The first-order valence-corrected chi connectivity index (χ1v) is 5.53. The van der Waals surface area contributed by atoms with Gasteiger partial charge in [-0.2, -0.15) is 0 Å². The highest BCUT2D eigenvalue weighted by Gasteiger charge is 2.09. The Hall–Kier alpha value is -0.410. The maximum absolute atomic E-state index is 11.5. The number of nitrogens with one attached hydrogen (secondary N) is 1. The van der Waals surface area contributed by atoms with Gasteiger partial charge in [0.25, 0.3) is 0 Å². The van der Waals surface area contributed by atoms with Gasteiger partial charge in [0.1, 0.15) is 5.78 Å². The van der Waals surface area contributed by atoms with Crippen molar-refractivity contribution in [3.8, 4) is 0 Å². The fourth-order valence-electron chi connectivity index (χ4n) is 1.28. The third-order valence-electron chi connectivity index (χ3n) is 2.26. The van der Waals surface area contributed by atoms with Crippen LogP contribution in [-0.2, 0) is 4.79 Å². The van der Waals surface area contributed by atoms with E-state index < -0.39 is 0 Å². The zero-order valence-corrected chi connectivity index (χ0v) is 9.97. The average molecular weight is 200 g/mol. The van der Waals surface area contributed by atoms with Crippen LogP contribution in [0.25, 0.3) is 0 Å². The zero-order chi connectivity index (χ0) is 11.0. The summed E-state index contributed by atoms with van der Waals surface area (Å²) in [6.07, 6.45) is 1.76. The van der Waals surface area contributed by atoms with Crippen LogP contribution in [0.4, 0.5) is 0 Å². The molecule has 0 aliphatic carbocycles. The second kappa shape index (κ2) is 7.94. The Kier molecular flexibility index (Phi) is 7.71. The average Bonchev–Trinajstić information content (AvgIpc) is 2.14. The molecule has 1 unspecified atom stereocenters. The molecule has 0 heterocycles. The second-order valence-electron chi connectivity index (χ2n) is 3.93. The number of carbonyl (C=O) groups is 1. The van der Waals surface area contributed by atoms with E-state index in [4.69, 9.17) is 0 Å². The Morgan fingerprint density at radius 1 is 1.43 bits per heavy atom. The van der Waals surface area contributed by atoms with Crippen LogP contribution in [0.2, 0.25) is 0 Å². The summed E-state index contributed by atoms with van der Waals surface area (Å²) in [5.74, 6) is 0.324. The third-order valence-corrected chi connectivity index (χ3v) is 2.26. The first-order valence-electron chi connectivity index (χ1n) is 5.53. The van der Waals surface area contributed by atoms with Crippen LogP contribution in [0.1, 0.15) is 33.6 Å². The summed E-state index contributed by atoms with van der Waals surface area (Å²) in [6, 6.07) is 0.313. The highest BCUT2D eigenvalue weighted by Crippen LogP contribution is 1.94. The smallest absolute Gasteiger partial charge is 0.148 e. The van der Waals surface area contributed by atoms with Crippen molar-refractivity contribution in [2.24, 2.45) is 0 Å². The van der Waals surface area contributed by atoms with Crippen LogP contribution in [0.15, 0.2) is 0 Å². The summed E-state index contributed by atoms with van der Waals surface area (Å²) >= 11 is 0. The highest BCUT2D eigenvalue weighted by molar-refractivity contribution is 5.80. The first kappa shape index (κ1) is 13.6. The fraction of sp³-hybridized carbons (Fsp3) is 0.909. The molecule has 0 rings (SSSR count). The van der Waals surface area contributed by atoms with E-state index in [-0.39, 0.29) is 0 Å². The maximum atomic E-state index is 11.5. The van der Waals surface area contributed by atoms with Gasteiger partial charge in [-0.1, -0.05) is 13.8 Å². The van der Waals surface area contributed by atoms with Crippen molar-refractivity contribution in [3.05, 3.63) is 0 Å². The van der Waals surface area contributed by atoms with E-state index >= 15 is 0 Å². The van der Waals surface area contributed by atoms with E-state index in [1.165, 1.54) is 0 Å². The molecule has 84 valence electrons. The van der Waals surface area contributed by atoms with Crippen molar-refractivity contribution in [2.75, 3.05) is 26.7 Å². The molecule has 0 aromatic rings. The molecular weight excluding hydrogens is 176 g/mol. The predicted molar refractivity (Wildman–Crippen MR) is 60.6 cm³/mol. The highest BCUT2D eigenvalue weighted by atomic mass is 16.1. The number of carbonyl (C=O) groups excluding carboxylic acids is 1. The number of hydrogen-bond acceptors (Lipinski definition) is 3. The molecule has 3 nitrogen and oxygen atoms in total. The minimum Gasteiger partial charge on any atom is -0.314 e. The Balaban J connectivity index is 3.60. The van der Waals surface area contributed by atoms with Crippen LogP contribution in [0.3, 0.4) is 0 Å². The van der Waals surface area contributed by atoms with E-state index in [0.29, 0.717) is 24.8 Å². The summed E-state index contributed by atoms with van der Waals surface area (Å²) < 4.78 is 0. The normalized spacial score (nSPS) is 13.2. The SMILES string of the molecule is CCCNC(C)CC(=O)CN(C)CC. The van der Waals surface area contributed by atoms with Crippen molar-refractivity contribution >= 4 is 5.78 Å². The van der Waals surface area contributed by atoms with Crippen molar-refractivity contribution in [1.29, 1.82) is 0 Å². The van der Waals surface area contributed by atoms with Crippen molar-refractivity contribution in [1.82, 2.24) is 10.2 Å². The van der Waals surface area contributed by atoms with Crippen molar-refractivity contribution < 1.29 is 4.79 Å². The van der Waals surface area contributed by atoms with Gasteiger partial charge in [0.05, 0.1) is 6.54 Å². The van der Waals surface area contributed by atoms with E-state index in [1.807, 2.05) is 11.9 Å². The van der Waals surface area contributed by atoms with E-state index in [9.17, 15) is 4.79 Å². The molecule has 0 spiro atoms. The predicted octanol–water partition coefficient (Wildman–Crippen LogP) is 1.29. The molecule has 0 bridgehead atoms. The maximum Gasteiger partial charge on any atom is 0.148 e. The third kappa shape index (κ3) is 7.04. The summed E-state index contributed by atoms with van der Waals surface area (Å²) in [6.45, 7) is 8.77. The minimum absolute atomic E-state index is 0.313. The molecule has 0 aliphatic heterocycles. The van der Waals surface area contributed by atoms with E-state index in [1.54, 1.807) is 0 Å². The van der Waals surface area contributed by atoms with Crippen LogP contribution < -0.4 is 5.32 Å². The van der Waals surface area contributed by atoms with Gasteiger partial charge in [0, 0.05) is 12.5 Å². The summed E-state index contributed by atoms with van der Waals surface area (Å²) in [5, 5.41) is 3.32. The van der Waals surface area contributed by atoms with Gasteiger partial charge in [0.2, 0.25) is 0 Å². The van der Waals surface area contributed by atoms with Crippen molar-refractivity contribution in [3.63, 3.8) is 0 Å². The molecule has 0 saturated heterocycles. The Morgan fingerprint density at radius 2 is 2.07 bits per heavy atom. The largest absolute Gasteiger partial charge is 0.314 e.